The fourth-order valence-corrected chi connectivity index (χ4v) is 2.44. The number of rotatable bonds is 2. The summed E-state index contributed by atoms with van der Waals surface area (Å²) < 4.78 is 26.6. The van der Waals surface area contributed by atoms with E-state index in [1.165, 1.54) is 23.6 Å². The van der Waals surface area contributed by atoms with Crippen LogP contribution in [0.25, 0.3) is 10.1 Å². The van der Waals surface area contributed by atoms with Crippen molar-refractivity contribution in [1.82, 2.24) is 0 Å². The van der Waals surface area contributed by atoms with Crippen molar-refractivity contribution in [2.45, 2.75) is 12.8 Å². The molecule has 0 fully saturated rings. The highest BCUT2D eigenvalue weighted by atomic mass is 32.1. The first-order chi connectivity index (χ1) is 7.39. The summed E-state index contributed by atoms with van der Waals surface area (Å²) in [6.45, 7) is 0.819. The van der Waals surface area contributed by atoms with Crippen LogP contribution in [0.4, 0.5) is 8.78 Å². The second-order valence-electron chi connectivity index (χ2n) is 3.55. The Bertz CT molecular complexity index is 555. The number of aromatic carboxylic acids is 1. The van der Waals surface area contributed by atoms with E-state index in [9.17, 15) is 13.6 Å². The fraction of sp³-hybridized carbons (Fsp3) is 0.182. The van der Waals surface area contributed by atoms with Crippen LogP contribution in [0.2, 0.25) is 0 Å². The third-order valence-corrected chi connectivity index (χ3v) is 3.26. The summed E-state index contributed by atoms with van der Waals surface area (Å²) in [5, 5.41) is 10.8. The van der Waals surface area contributed by atoms with Crippen molar-refractivity contribution in [3.05, 3.63) is 34.7 Å². The number of benzene rings is 1. The lowest BCUT2D eigenvalue weighted by Crippen LogP contribution is -2.06. The van der Waals surface area contributed by atoms with E-state index >= 15 is 0 Å². The van der Waals surface area contributed by atoms with Gasteiger partial charge in [-0.3, -0.25) is 0 Å². The van der Waals surface area contributed by atoms with Gasteiger partial charge in [-0.25, -0.2) is 13.6 Å². The summed E-state index contributed by atoms with van der Waals surface area (Å²) in [6.07, 6.45) is 0. The maximum absolute atomic E-state index is 13.0. The molecule has 0 unspecified atom stereocenters. The molecular formula is C11H8F2O2S. The number of fused-ring (bicyclic) bond motifs is 1. The first-order valence-electron chi connectivity index (χ1n) is 4.52. The van der Waals surface area contributed by atoms with Gasteiger partial charge in [0.1, 0.15) is 0 Å². The van der Waals surface area contributed by atoms with Gasteiger partial charge in [0.2, 0.25) is 0 Å². The molecule has 5 heteroatoms. The molecule has 2 nitrogen and oxygen atoms in total. The highest BCUT2D eigenvalue weighted by molar-refractivity contribution is 7.17. The van der Waals surface area contributed by atoms with Crippen molar-refractivity contribution in [2.75, 3.05) is 0 Å². The second-order valence-corrected chi connectivity index (χ2v) is 4.47. The number of carboxylic acid groups (broad SMARTS) is 1. The van der Waals surface area contributed by atoms with Gasteiger partial charge in [-0.15, -0.1) is 11.3 Å². The van der Waals surface area contributed by atoms with Gasteiger partial charge in [0.05, 0.1) is 5.56 Å². The Hall–Kier alpha value is -1.49. The molecule has 84 valence electrons. The molecule has 1 N–H and O–H groups in total. The second kappa shape index (κ2) is 3.52. The van der Waals surface area contributed by atoms with Crippen LogP contribution >= 0.6 is 11.3 Å². The van der Waals surface area contributed by atoms with Crippen LogP contribution in [0, 0.1) is 0 Å². The van der Waals surface area contributed by atoms with Crippen LogP contribution in [0.1, 0.15) is 22.8 Å². The van der Waals surface area contributed by atoms with E-state index in [-0.39, 0.29) is 11.1 Å². The molecule has 2 rings (SSSR count). The molecule has 0 atom stereocenters. The molecule has 0 bridgehead atoms. The zero-order valence-electron chi connectivity index (χ0n) is 8.33. The average molecular weight is 242 g/mol. The van der Waals surface area contributed by atoms with Gasteiger partial charge in [-0.05, 0) is 6.07 Å². The molecule has 16 heavy (non-hydrogen) atoms. The van der Waals surface area contributed by atoms with Crippen molar-refractivity contribution < 1.29 is 18.7 Å². The van der Waals surface area contributed by atoms with Crippen LogP contribution in [0.3, 0.4) is 0 Å². The molecule has 0 aliphatic carbocycles. The molecule has 0 radical (unpaired) electrons. The molecule has 1 aromatic heterocycles. The smallest absolute Gasteiger partial charge is 0.337 e. The van der Waals surface area contributed by atoms with Crippen molar-refractivity contribution in [3.63, 3.8) is 0 Å². The molecule has 1 aromatic carbocycles. The molecule has 0 aliphatic rings. The van der Waals surface area contributed by atoms with E-state index < -0.39 is 11.9 Å². The monoisotopic (exact) mass is 242 g/mol. The lowest BCUT2D eigenvalue weighted by atomic mass is 10.1. The van der Waals surface area contributed by atoms with Gasteiger partial charge in [0, 0.05) is 28.0 Å². The summed E-state index contributed by atoms with van der Waals surface area (Å²) in [6, 6.07) is 4.04. The first-order valence-corrected chi connectivity index (χ1v) is 5.40. The average Bonchev–Trinajstić information content (AvgIpc) is 2.58. The molecule has 0 spiro atoms. The third kappa shape index (κ3) is 1.78. The molecule has 0 saturated carbocycles. The zero-order valence-corrected chi connectivity index (χ0v) is 9.15. The zero-order chi connectivity index (χ0) is 11.9. The van der Waals surface area contributed by atoms with E-state index in [0.29, 0.717) is 10.1 Å². The highest BCUT2D eigenvalue weighted by Gasteiger charge is 2.25. The Morgan fingerprint density at radius 1 is 1.44 bits per heavy atom. The number of alkyl halides is 2. The quantitative estimate of drug-likeness (QED) is 0.871. The van der Waals surface area contributed by atoms with Gasteiger partial charge < -0.3 is 5.11 Å². The number of hydrogen-bond donors (Lipinski definition) is 1. The normalized spacial score (nSPS) is 11.9. The van der Waals surface area contributed by atoms with Crippen molar-refractivity contribution in [1.29, 1.82) is 0 Å². The van der Waals surface area contributed by atoms with Gasteiger partial charge in [-0.1, -0.05) is 12.1 Å². The van der Waals surface area contributed by atoms with Gasteiger partial charge in [0.25, 0.3) is 5.92 Å². The first kappa shape index (κ1) is 11.0. The van der Waals surface area contributed by atoms with Crippen LogP contribution in [-0.4, -0.2) is 11.1 Å². The Kier molecular flexibility index (Phi) is 2.42. The minimum absolute atomic E-state index is 0.0983. The lowest BCUT2D eigenvalue weighted by molar-refractivity contribution is 0.0176. The van der Waals surface area contributed by atoms with Crippen molar-refractivity contribution in [2.24, 2.45) is 0 Å². The predicted octanol–water partition coefficient (Wildman–Crippen LogP) is 3.71. The highest BCUT2D eigenvalue weighted by Crippen LogP contribution is 2.33. The van der Waals surface area contributed by atoms with Crippen molar-refractivity contribution >= 4 is 27.4 Å². The predicted molar refractivity (Wildman–Crippen MR) is 58.4 cm³/mol. The SMILES string of the molecule is CC(F)(F)c1ccc2c(C(=O)O)csc2c1. The number of hydrogen-bond acceptors (Lipinski definition) is 2. The lowest BCUT2D eigenvalue weighted by Gasteiger charge is -2.09. The molecule has 0 aliphatic heterocycles. The Morgan fingerprint density at radius 3 is 2.69 bits per heavy atom. The molecule has 0 saturated heterocycles. The van der Waals surface area contributed by atoms with E-state index in [4.69, 9.17) is 5.11 Å². The van der Waals surface area contributed by atoms with Crippen LogP contribution in [-0.2, 0) is 5.92 Å². The van der Waals surface area contributed by atoms with Gasteiger partial charge in [0.15, 0.2) is 0 Å². The number of halogens is 2. The maximum Gasteiger partial charge on any atom is 0.337 e. The maximum atomic E-state index is 13.0. The van der Waals surface area contributed by atoms with Gasteiger partial charge >= 0.3 is 5.97 Å². The minimum Gasteiger partial charge on any atom is -0.478 e. The summed E-state index contributed by atoms with van der Waals surface area (Å²) in [5.41, 5.74) is 0.0600. The van der Waals surface area contributed by atoms with Gasteiger partial charge in [-0.2, -0.15) is 0 Å². The van der Waals surface area contributed by atoms with Crippen molar-refractivity contribution in [3.8, 4) is 0 Å². The number of carboxylic acids is 1. The van der Waals surface area contributed by atoms with E-state index in [0.717, 1.165) is 18.3 Å². The van der Waals surface area contributed by atoms with E-state index in [2.05, 4.69) is 0 Å². The minimum atomic E-state index is -2.90. The fourth-order valence-electron chi connectivity index (χ4n) is 1.47. The van der Waals surface area contributed by atoms with E-state index in [1.54, 1.807) is 0 Å². The number of thiophene rings is 1. The molecule has 0 amide bonds. The number of carbonyl (C=O) groups is 1. The van der Waals surface area contributed by atoms with Crippen LogP contribution in [0.5, 0.6) is 0 Å². The Balaban J connectivity index is 2.62. The van der Waals surface area contributed by atoms with Crippen LogP contribution < -0.4 is 0 Å². The summed E-state index contributed by atoms with van der Waals surface area (Å²) in [7, 11) is 0. The Labute approximate surface area is 94.1 Å². The molecule has 2 aromatic rings. The summed E-state index contributed by atoms with van der Waals surface area (Å²) >= 11 is 1.16. The molecular weight excluding hydrogens is 234 g/mol. The van der Waals surface area contributed by atoms with E-state index in [1.807, 2.05) is 0 Å². The Morgan fingerprint density at radius 2 is 2.12 bits per heavy atom. The summed E-state index contributed by atoms with van der Waals surface area (Å²) in [5.74, 6) is -3.94. The topological polar surface area (TPSA) is 37.3 Å². The largest absolute Gasteiger partial charge is 0.478 e. The third-order valence-electron chi connectivity index (χ3n) is 2.31. The van der Waals surface area contributed by atoms with Crippen LogP contribution in [0.15, 0.2) is 23.6 Å². The molecule has 1 heterocycles. The standard InChI is InChI=1S/C11H8F2O2S/c1-11(12,13)6-2-3-7-8(10(14)15)5-16-9(7)4-6/h2-5H,1H3,(H,14,15). The summed E-state index contributed by atoms with van der Waals surface area (Å²) in [4.78, 5) is 10.8.